The van der Waals surface area contributed by atoms with Gasteiger partial charge in [-0.15, -0.1) is 0 Å². The number of sulfonamides is 1. The van der Waals surface area contributed by atoms with Crippen LogP contribution in [-0.4, -0.2) is 21.0 Å². The third kappa shape index (κ3) is 4.01. The van der Waals surface area contributed by atoms with Crippen molar-refractivity contribution in [3.8, 4) is 0 Å². The molecule has 24 heavy (non-hydrogen) atoms. The Morgan fingerprint density at radius 1 is 1.21 bits per heavy atom. The van der Waals surface area contributed by atoms with Gasteiger partial charge >= 0.3 is 5.97 Å². The fourth-order valence-electron chi connectivity index (χ4n) is 2.06. The minimum Gasteiger partial charge on any atom is -0.462 e. The van der Waals surface area contributed by atoms with Crippen LogP contribution < -0.4 is 4.72 Å². The number of carbonyl (C=O) groups is 1. The molecule has 2 aromatic rings. The number of hydrogen-bond donors (Lipinski definition) is 1. The van der Waals surface area contributed by atoms with Gasteiger partial charge in [0.05, 0.1) is 22.9 Å². The summed E-state index contributed by atoms with van der Waals surface area (Å²) in [6.45, 7) is 3.55. The van der Waals surface area contributed by atoms with Gasteiger partial charge in [0.25, 0.3) is 10.0 Å². The average Bonchev–Trinajstić information content (AvgIpc) is 2.51. The van der Waals surface area contributed by atoms with Crippen LogP contribution in [0.2, 0.25) is 10.0 Å². The molecular weight excluding hydrogens is 373 g/mol. The summed E-state index contributed by atoms with van der Waals surface area (Å²) in [6, 6.07) is 8.84. The van der Waals surface area contributed by atoms with Gasteiger partial charge < -0.3 is 4.74 Å². The Hall–Kier alpha value is -1.76. The van der Waals surface area contributed by atoms with Crippen molar-refractivity contribution in [2.45, 2.75) is 18.7 Å². The Bertz CT molecular complexity index is 882. The number of carbonyl (C=O) groups excluding carboxylic acids is 1. The van der Waals surface area contributed by atoms with E-state index in [9.17, 15) is 13.2 Å². The maximum absolute atomic E-state index is 12.6. The highest BCUT2D eigenvalue weighted by Crippen LogP contribution is 2.28. The van der Waals surface area contributed by atoms with E-state index >= 15 is 0 Å². The van der Waals surface area contributed by atoms with E-state index in [0.29, 0.717) is 5.56 Å². The summed E-state index contributed by atoms with van der Waals surface area (Å²) < 4.78 is 32.5. The quantitative estimate of drug-likeness (QED) is 0.776. The van der Waals surface area contributed by atoms with Crippen LogP contribution in [0.4, 0.5) is 5.69 Å². The Labute approximate surface area is 150 Å². The number of esters is 1. The van der Waals surface area contributed by atoms with Crippen molar-refractivity contribution in [1.29, 1.82) is 0 Å². The molecule has 0 amide bonds. The van der Waals surface area contributed by atoms with Crippen molar-refractivity contribution in [3.63, 3.8) is 0 Å². The number of nitrogens with one attached hydrogen (secondary N) is 1. The summed E-state index contributed by atoms with van der Waals surface area (Å²) in [6.07, 6.45) is 0. The summed E-state index contributed by atoms with van der Waals surface area (Å²) in [5, 5.41) is 0.294. The Kier molecular flexibility index (Phi) is 5.74. The smallest absolute Gasteiger partial charge is 0.338 e. The molecular formula is C16H15Cl2NO4S. The lowest BCUT2D eigenvalue weighted by atomic mass is 10.1. The standard InChI is InChI=1S/C16H15Cl2NO4S/c1-3-23-16(20)12-5-4-6-14(10(12)2)19-24(21,22)15-9-11(17)7-8-13(15)18/h4-9,19H,3H2,1-2H3. The van der Waals surface area contributed by atoms with Crippen molar-refractivity contribution in [2.24, 2.45) is 0 Å². The number of hydrogen-bond acceptors (Lipinski definition) is 4. The number of rotatable bonds is 5. The molecule has 0 aromatic heterocycles. The van der Waals surface area contributed by atoms with Crippen molar-refractivity contribution >= 4 is 44.9 Å². The fourth-order valence-corrected chi connectivity index (χ4v) is 3.95. The first kappa shape index (κ1) is 18.6. The van der Waals surface area contributed by atoms with Crippen LogP contribution in [0.3, 0.4) is 0 Å². The molecule has 2 aromatic carbocycles. The highest BCUT2D eigenvalue weighted by molar-refractivity contribution is 7.92. The lowest BCUT2D eigenvalue weighted by Crippen LogP contribution is -2.16. The zero-order chi connectivity index (χ0) is 17.9. The molecule has 1 N–H and O–H groups in total. The van der Waals surface area contributed by atoms with Crippen LogP contribution in [-0.2, 0) is 14.8 Å². The van der Waals surface area contributed by atoms with E-state index in [-0.39, 0.29) is 32.8 Å². The van der Waals surface area contributed by atoms with Gasteiger partial charge in [0.1, 0.15) is 4.90 Å². The highest BCUT2D eigenvalue weighted by Gasteiger charge is 2.21. The minimum atomic E-state index is -3.96. The second kappa shape index (κ2) is 7.42. The summed E-state index contributed by atoms with van der Waals surface area (Å²) in [7, 11) is -3.96. The zero-order valence-electron chi connectivity index (χ0n) is 13.0. The second-order valence-electron chi connectivity index (χ2n) is 4.88. The molecule has 0 radical (unpaired) electrons. The molecule has 8 heteroatoms. The summed E-state index contributed by atoms with van der Waals surface area (Å²) >= 11 is 11.8. The average molecular weight is 388 g/mol. The topological polar surface area (TPSA) is 72.5 Å². The molecule has 0 heterocycles. The summed E-state index contributed by atoms with van der Waals surface area (Å²) in [4.78, 5) is 11.8. The Morgan fingerprint density at radius 2 is 1.92 bits per heavy atom. The van der Waals surface area contributed by atoms with Crippen molar-refractivity contribution in [2.75, 3.05) is 11.3 Å². The van der Waals surface area contributed by atoms with E-state index in [4.69, 9.17) is 27.9 Å². The Morgan fingerprint density at radius 3 is 2.58 bits per heavy atom. The number of benzene rings is 2. The predicted octanol–water partition coefficient (Wildman–Crippen LogP) is 4.28. The van der Waals surface area contributed by atoms with Crippen LogP contribution in [0, 0.1) is 6.92 Å². The maximum atomic E-state index is 12.6. The third-order valence-corrected chi connectivity index (χ3v) is 5.34. The van der Waals surface area contributed by atoms with Crippen LogP contribution in [0.15, 0.2) is 41.3 Å². The van der Waals surface area contributed by atoms with Gasteiger partial charge in [-0.1, -0.05) is 29.3 Å². The molecule has 0 atom stereocenters. The minimum absolute atomic E-state index is 0.0473. The van der Waals surface area contributed by atoms with E-state index in [1.54, 1.807) is 32.0 Å². The first-order chi connectivity index (χ1) is 11.3. The highest BCUT2D eigenvalue weighted by atomic mass is 35.5. The van der Waals surface area contributed by atoms with Crippen LogP contribution in [0.25, 0.3) is 0 Å². The first-order valence-electron chi connectivity index (χ1n) is 7.01. The SMILES string of the molecule is CCOC(=O)c1cccc(NS(=O)(=O)c2cc(Cl)ccc2Cl)c1C. The molecule has 0 saturated carbocycles. The molecule has 0 aliphatic carbocycles. The molecule has 128 valence electrons. The van der Waals surface area contributed by atoms with Gasteiger partial charge in [0.2, 0.25) is 0 Å². The normalized spacial score (nSPS) is 11.2. The molecule has 5 nitrogen and oxygen atoms in total. The molecule has 0 fully saturated rings. The van der Waals surface area contributed by atoms with Crippen molar-refractivity contribution in [1.82, 2.24) is 0 Å². The molecule has 0 spiro atoms. The van der Waals surface area contributed by atoms with Crippen LogP contribution >= 0.6 is 23.2 Å². The lowest BCUT2D eigenvalue weighted by molar-refractivity contribution is 0.0525. The van der Waals surface area contributed by atoms with E-state index < -0.39 is 16.0 Å². The number of halogens is 2. The van der Waals surface area contributed by atoms with Gasteiger partial charge in [0, 0.05) is 5.02 Å². The van der Waals surface area contributed by atoms with Crippen molar-refractivity contribution in [3.05, 3.63) is 57.6 Å². The number of ether oxygens (including phenoxy) is 1. The van der Waals surface area contributed by atoms with E-state index in [1.807, 2.05) is 0 Å². The largest absolute Gasteiger partial charge is 0.462 e. The van der Waals surface area contributed by atoms with Crippen LogP contribution in [0.5, 0.6) is 0 Å². The summed E-state index contributed by atoms with van der Waals surface area (Å²) in [5.41, 5.74) is 1.00. The first-order valence-corrected chi connectivity index (χ1v) is 9.24. The van der Waals surface area contributed by atoms with Gasteiger partial charge in [-0.25, -0.2) is 13.2 Å². The fraction of sp³-hybridized carbons (Fsp3) is 0.188. The molecule has 0 saturated heterocycles. The summed E-state index contributed by atoms with van der Waals surface area (Å²) in [5.74, 6) is -0.517. The molecule has 0 unspecified atom stereocenters. The van der Waals surface area contributed by atoms with Gasteiger partial charge in [-0.05, 0) is 49.7 Å². The molecule has 0 bridgehead atoms. The van der Waals surface area contributed by atoms with Gasteiger partial charge in [-0.2, -0.15) is 0 Å². The second-order valence-corrected chi connectivity index (χ2v) is 7.37. The van der Waals surface area contributed by atoms with Crippen molar-refractivity contribution < 1.29 is 17.9 Å². The maximum Gasteiger partial charge on any atom is 0.338 e. The number of anilines is 1. The monoisotopic (exact) mass is 387 g/mol. The lowest BCUT2D eigenvalue weighted by Gasteiger charge is -2.14. The van der Waals surface area contributed by atoms with E-state index in [0.717, 1.165) is 0 Å². The van der Waals surface area contributed by atoms with Gasteiger partial charge in [0.15, 0.2) is 0 Å². The molecule has 0 aliphatic heterocycles. The van der Waals surface area contributed by atoms with Crippen LogP contribution in [0.1, 0.15) is 22.8 Å². The zero-order valence-corrected chi connectivity index (χ0v) is 15.3. The molecule has 2 rings (SSSR count). The molecule has 0 aliphatic rings. The Balaban J connectivity index is 2.42. The third-order valence-electron chi connectivity index (χ3n) is 3.26. The van der Waals surface area contributed by atoms with E-state index in [1.165, 1.54) is 18.2 Å². The predicted molar refractivity (Wildman–Crippen MR) is 94.4 cm³/mol. The van der Waals surface area contributed by atoms with Gasteiger partial charge in [-0.3, -0.25) is 4.72 Å². The van der Waals surface area contributed by atoms with E-state index in [2.05, 4.69) is 4.72 Å².